The number of nitrogens with zero attached hydrogens (tertiary/aromatic N) is 2. The van der Waals surface area contributed by atoms with E-state index in [1.54, 1.807) is 42.5 Å². The number of aromatic nitrogens is 1. The van der Waals surface area contributed by atoms with Crippen LogP contribution >= 0.6 is 23.1 Å². The molecule has 15 heteroatoms. The summed E-state index contributed by atoms with van der Waals surface area (Å²) in [7, 11) is 4.37. The second-order valence-corrected chi connectivity index (χ2v) is 12.7. The molecular formula is C32H26F3N3O7S2. The molecular weight excluding hydrogens is 659 g/mol. The van der Waals surface area contributed by atoms with Crippen LogP contribution < -0.4 is 29.3 Å². The number of anilines is 2. The van der Waals surface area contributed by atoms with Crippen LogP contribution in [0.5, 0.6) is 17.2 Å². The van der Waals surface area contributed by atoms with Gasteiger partial charge in [-0.05, 0) is 54.1 Å². The molecule has 2 aliphatic heterocycles. The molecule has 1 aromatic heterocycles. The number of halogens is 3. The lowest BCUT2D eigenvalue weighted by Crippen LogP contribution is -2.33. The van der Waals surface area contributed by atoms with E-state index in [0.29, 0.717) is 38.3 Å². The number of hydrogen-bond donors (Lipinski definition) is 1. The Hall–Kier alpha value is -4.76. The summed E-state index contributed by atoms with van der Waals surface area (Å²) in [5, 5.41) is 1.80. The van der Waals surface area contributed by atoms with Crippen LogP contribution in [0.25, 0.3) is 0 Å². The molecule has 4 aromatic rings. The van der Waals surface area contributed by atoms with Crippen molar-refractivity contribution in [2.45, 2.75) is 28.9 Å². The van der Waals surface area contributed by atoms with E-state index in [0.717, 1.165) is 35.2 Å². The molecule has 3 atom stereocenters. The number of ether oxygens (including phenoxy) is 3. The Balaban J connectivity index is 1.44. The fourth-order valence-corrected chi connectivity index (χ4v) is 8.60. The SMILES string of the molecule is COc1ccc(NC(=O)Cn2c3c(sc2=O)[C@@H](c2ccc(OC)c(OC)c2)[C@@H]2C(=O)N(c4ccccc4C(F)(F)F)C(=O)[C@@H]2S3)cc1. The Morgan fingerprint density at radius 3 is 2.26 bits per heavy atom. The maximum atomic E-state index is 14.1. The summed E-state index contributed by atoms with van der Waals surface area (Å²) in [6.45, 7) is -0.414. The fourth-order valence-electron chi connectivity index (χ4n) is 5.82. The minimum Gasteiger partial charge on any atom is -0.497 e. The van der Waals surface area contributed by atoms with E-state index in [2.05, 4.69) is 5.32 Å². The summed E-state index contributed by atoms with van der Waals surface area (Å²) in [5.74, 6) is -3.04. The number of carbonyl (C=O) groups is 3. The molecule has 47 heavy (non-hydrogen) atoms. The number of para-hydroxylation sites is 1. The zero-order valence-electron chi connectivity index (χ0n) is 25.0. The molecule has 6 rings (SSSR count). The zero-order chi connectivity index (χ0) is 33.6. The number of carbonyl (C=O) groups excluding carboxylic acids is 3. The number of methoxy groups -OCH3 is 3. The van der Waals surface area contributed by atoms with Crippen molar-refractivity contribution in [1.29, 1.82) is 0 Å². The van der Waals surface area contributed by atoms with E-state index in [1.807, 2.05) is 0 Å². The zero-order valence-corrected chi connectivity index (χ0v) is 26.6. The topological polar surface area (TPSA) is 116 Å². The van der Waals surface area contributed by atoms with Crippen molar-refractivity contribution in [1.82, 2.24) is 4.57 Å². The Bertz CT molecular complexity index is 1940. The van der Waals surface area contributed by atoms with Gasteiger partial charge in [-0.2, -0.15) is 13.2 Å². The van der Waals surface area contributed by atoms with Gasteiger partial charge in [0.15, 0.2) is 11.5 Å². The average Bonchev–Trinajstić information content (AvgIpc) is 3.50. The lowest BCUT2D eigenvalue weighted by molar-refractivity contribution is -0.137. The number of thiazole rings is 1. The van der Waals surface area contributed by atoms with Crippen LogP contribution in [-0.2, 0) is 27.1 Å². The first kappa shape index (κ1) is 32.2. The van der Waals surface area contributed by atoms with E-state index in [-0.39, 0.29) is 5.03 Å². The minimum atomic E-state index is -4.84. The number of thioether (sulfide) groups is 1. The van der Waals surface area contributed by atoms with Gasteiger partial charge in [0.2, 0.25) is 17.7 Å². The van der Waals surface area contributed by atoms with E-state index >= 15 is 0 Å². The summed E-state index contributed by atoms with van der Waals surface area (Å²) < 4.78 is 59.3. The number of rotatable bonds is 8. The van der Waals surface area contributed by atoms with Gasteiger partial charge in [-0.15, -0.1) is 0 Å². The van der Waals surface area contributed by atoms with Crippen LogP contribution in [0.4, 0.5) is 24.5 Å². The van der Waals surface area contributed by atoms with E-state index in [4.69, 9.17) is 14.2 Å². The van der Waals surface area contributed by atoms with Crippen molar-refractivity contribution in [3.8, 4) is 17.2 Å². The molecule has 0 unspecified atom stereocenters. The highest BCUT2D eigenvalue weighted by molar-refractivity contribution is 8.00. The summed E-state index contributed by atoms with van der Waals surface area (Å²) >= 11 is 1.70. The first-order chi connectivity index (χ1) is 22.5. The Morgan fingerprint density at radius 1 is 0.894 bits per heavy atom. The molecule has 0 aliphatic carbocycles. The van der Waals surface area contributed by atoms with Gasteiger partial charge in [0, 0.05) is 16.5 Å². The van der Waals surface area contributed by atoms with Crippen LogP contribution in [0.3, 0.4) is 0 Å². The number of benzene rings is 3. The molecule has 0 bridgehead atoms. The van der Waals surface area contributed by atoms with Crippen molar-refractivity contribution in [3.63, 3.8) is 0 Å². The monoisotopic (exact) mass is 685 g/mol. The van der Waals surface area contributed by atoms with E-state index in [1.165, 1.54) is 38.0 Å². The number of amides is 3. The summed E-state index contributed by atoms with van der Waals surface area (Å²) in [5.41, 5.74) is -0.771. The standard InChI is InChI=1S/C32H26F3N3O7S2/c1-43-18-11-9-17(10-12-18)36-23(39)15-37-30-27(47-31(37)42)24(16-8-13-21(44-2)22(14-16)45-3)25-26(46-30)29(41)38(28(25)40)20-7-5-4-6-19(20)32(33,34)35/h4-14,24-26H,15H2,1-3H3,(H,36,39)/t24-,25-,26+/m0/s1. The molecule has 0 saturated carbocycles. The van der Waals surface area contributed by atoms with Gasteiger partial charge in [-0.25, -0.2) is 4.90 Å². The highest BCUT2D eigenvalue weighted by Gasteiger charge is 2.58. The Morgan fingerprint density at radius 2 is 1.60 bits per heavy atom. The second kappa shape index (κ2) is 12.4. The smallest absolute Gasteiger partial charge is 0.418 e. The Labute approximate surface area is 274 Å². The molecule has 1 fully saturated rings. The fraction of sp³-hybridized carbons (Fsp3) is 0.250. The van der Waals surface area contributed by atoms with Crippen molar-refractivity contribution in [2.75, 3.05) is 31.5 Å². The largest absolute Gasteiger partial charge is 0.497 e. The third kappa shape index (κ3) is 5.73. The van der Waals surface area contributed by atoms with Gasteiger partial charge in [-0.3, -0.25) is 23.7 Å². The van der Waals surface area contributed by atoms with Crippen LogP contribution in [0.1, 0.15) is 21.9 Å². The van der Waals surface area contributed by atoms with Crippen molar-refractivity contribution < 1.29 is 41.8 Å². The molecule has 1 saturated heterocycles. The molecule has 1 N–H and O–H groups in total. The lowest BCUT2D eigenvalue weighted by atomic mass is 9.83. The van der Waals surface area contributed by atoms with Crippen LogP contribution in [0.2, 0.25) is 0 Å². The predicted molar refractivity (Wildman–Crippen MR) is 169 cm³/mol. The van der Waals surface area contributed by atoms with Gasteiger partial charge in [0.1, 0.15) is 17.5 Å². The van der Waals surface area contributed by atoms with Crippen LogP contribution in [-0.4, -0.2) is 48.9 Å². The second-order valence-electron chi connectivity index (χ2n) is 10.6. The van der Waals surface area contributed by atoms with Crippen molar-refractivity contribution in [2.24, 2.45) is 5.92 Å². The molecule has 2 aliphatic rings. The van der Waals surface area contributed by atoms with Gasteiger partial charge >= 0.3 is 11.0 Å². The minimum absolute atomic E-state index is 0.276. The van der Waals surface area contributed by atoms with Gasteiger partial charge in [0.25, 0.3) is 0 Å². The maximum Gasteiger partial charge on any atom is 0.418 e. The highest BCUT2D eigenvalue weighted by atomic mass is 32.2. The van der Waals surface area contributed by atoms with Crippen LogP contribution in [0, 0.1) is 5.92 Å². The third-order valence-electron chi connectivity index (χ3n) is 7.94. The van der Waals surface area contributed by atoms with Gasteiger partial charge in [-0.1, -0.05) is 41.3 Å². The number of alkyl halides is 3. The summed E-state index contributed by atoms with van der Waals surface area (Å²) in [4.78, 5) is 55.1. The summed E-state index contributed by atoms with van der Waals surface area (Å²) in [6.07, 6.45) is -4.84. The highest BCUT2D eigenvalue weighted by Crippen LogP contribution is 2.55. The molecule has 244 valence electrons. The number of fused-ring (bicyclic) bond motifs is 2. The molecule has 0 spiro atoms. The maximum absolute atomic E-state index is 14.1. The molecule has 0 radical (unpaired) electrons. The molecule has 3 heterocycles. The van der Waals surface area contributed by atoms with Crippen molar-refractivity contribution >= 4 is 52.2 Å². The van der Waals surface area contributed by atoms with Crippen molar-refractivity contribution in [3.05, 3.63) is 92.4 Å². The quantitative estimate of drug-likeness (QED) is 0.246. The molecule has 3 amide bonds. The Kier molecular flexibility index (Phi) is 8.53. The lowest BCUT2D eigenvalue weighted by Gasteiger charge is -2.31. The average molecular weight is 686 g/mol. The predicted octanol–water partition coefficient (Wildman–Crippen LogP) is 5.39. The first-order valence-electron chi connectivity index (χ1n) is 14.1. The number of nitrogens with one attached hydrogen (secondary N) is 1. The number of imide groups is 1. The van der Waals surface area contributed by atoms with E-state index < -0.39 is 63.7 Å². The molecule has 10 nitrogen and oxygen atoms in total. The van der Waals surface area contributed by atoms with Gasteiger partial charge in [0.05, 0.1) is 43.5 Å². The van der Waals surface area contributed by atoms with E-state index in [9.17, 15) is 32.3 Å². The van der Waals surface area contributed by atoms with Gasteiger partial charge < -0.3 is 19.5 Å². The third-order valence-corrected chi connectivity index (χ3v) is 10.5. The summed E-state index contributed by atoms with van der Waals surface area (Å²) in [6, 6.07) is 15.8. The number of hydrogen-bond acceptors (Lipinski definition) is 9. The molecule has 3 aromatic carbocycles. The van der Waals surface area contributed by atoms with Crippen LogP contribution in [0.15, 0.2) is 76.6 Å². The normalized spacial score (nSPS) is 18.9. The first-order valence-corrected chi connectivity index (χ1v) is 15.8.